The quantitative estimate of drug-likeness (QED) is 0.389. The smallest absolute Gasteiger partial charge is 0.193 e. The summed E-state index contributed by atoms with van der Waals surface area (Å²) < 4.78 is 10.4. The second-order valence-electron chi connectivity index (χ2n) is 6.37. The molecule has 0 aromatic carbocycles. The van der Waals surface area contributed by atoms with E-state index in [2.05, 4.69) is 25.3 Å². The van der Waals surface area contributed by atoms with E-state index in [-0.39, 0.29) is 29.5 Å². The van der Waals surface area contributed by atoms with Gasteiger partial charge in [-0.15, -0.1) is 24.0 Å². The molecule has 3 rings (SSSR count). The molecular weight excluding hydrogens is 453 g/mol. The van der Waals surface area contributed by atoms with Gasteiger partial charge in [0, 0.05) is 51.1 Å². The highest BCUT2D eigenvalue weighted by atomic mass is 127. The van der Waals surface area contributed by atoms with Crippen LogP contribution in [0.4, 0.5) is 0 Å². The number of hydrogen-bond donors (Lipinski definition) is 1. The first-order valence-corrected chi connectivity index (χ1v) is 9.60. The molecule has 2 saturated heterocycles. The first-order valence-electron chi connectivity index (χ1n) is 8.45. The normalized spacial score (nSPS) is 24.8. The Morgan fingerprint density at radius 1 is 1.48 bits per heavy atom. The Kier molecular flexibility index (Phi) is 8.30. The van der Waals surface area contributed by atoms with E-state index < -0.39 is 0 Å². The highest BCUT2D eigenvalue weighted by Gasteiger charge is 2.40. The van der Waals surface area contributed by atoms with Crippen molar-refractivity contribution in [3.63, 3.8) is 0 Å². The molecule has 1 unspecified atom stereocenters. The minimum Gasteiger partial charge on any atom is -0.379 e. The van der Waals surface area contributed by atoms with Crippen molar-refractivity contribution in [3.05, 3.63) is 18.0 Å². The van der Waals surface area contributed by atoms with Crippen LogP contribution >= 0.6 is 35.7 Å². The van der Waals surface area contributed by atoms with Gasteiger partial charge < -0.3 is 19.5 Å². The van der Waals surface area contributed by atoms with Gasteiger partial charge in [0.1, 0.15) is 12.0 Å². The fourth-order valence-electron chi connectivity index (χ4n) is 3.40. The Balaban J connectivity index is 0.00000225. The summed E-state index contributed by atoms with van der Waals surface area (Å²) in [6, 6.07) is 1.88. The molecule has 3 heterocycles. The SMILES string of the molecule is CN=C(NCC1(N2CCOCC2)CCSC1)N(C)Cc1ccon1.I. The number of nitrogens with one attached hydrogen (secondary N) is 1. The van der Waals surface area contributed by atoms with Crippen LogP contribution in [0.15, 0.2) is 21.8 Å². The third kappa shape index (κ3) is 5.24. The molecule has 2 aliphatic heterocycles. The van der Waals surface area contributed by atoms with Crippen molar-refractivity contribution in [1.82, 2.24) is 20.3 Å². The van der Waals surface area contributed by atoms with Crippen molar-refractivity contribution in [2.45, 2.75) is 18.5 Å². The molecule has 0 aliphatic carbocycles. The van der Waals surface area contributed by atoms with Gasteiger partial charge in [-0.25, -0.2) is 0 Å². The lowest BCUT2D eigenvalue weighted by Crippen LogP contribution is -2.60. The van der Waals surface area contributed by atoms with Gasteiger partial charge in [0.2, 0.25) is 0 Å². The number of nitrogens with zero attached hydrogens (tertiary/aromatic N) is 4. The Morgan fingerprint density at radius 2 is 2.28 bits per heavy atom. The fourth-order valence-corrected chi connectivity index (χ4v) is 4.88. The molecule has 0 radical (unpaired) electrons. The van der Waals surface area contributed by atoms with E-state index in [1.165, 1.54) is 17.9 Å². The van der Waals surface area contributed by atoms with Gasteiger partial charge in [-0.1, -0.05) is 5.16 Å². The van der Waals surface area contributed by atoms with Crippen LogP contribution < -0.4 is 5.32 Å². The van der Waals surface area contributed by atoms with Crippen LogP contribution in [0.25, 0.3) is 0 Å². The molecule has 0 saturated carbocycles. The third-order valence-corrected chi connectivity index (χ3v) is 6.04. The number of ether oxygens (including phenoxy) is 1. The maximum absolute atomic E-state index is 5.53. The summed E-state index contributed by atoms with van der Waals surface area (Å²) in [5, 5.41) is 7.56. The van der Waals surface area contributed by atoms with Crippen LogP contribution in [0.5, 0.6) is 0 Å². The Bertz CT molecular complexity index is 531. The van der Waals surface area contributed by atoms with Crippen molar-refractivity contribution in [1.29, 1.82) is 0 Å². The lowest BCUT2D eigenvalue weighted by Gasteiger charge is -2.43. The van der Waals surface area contributed by atoms with Crippen LogP contribution in [-0.2, 0) is 11.3 Å². The number of aliphatic imine (C=N–C) groups is 1. The van der Waals surface area contributed by atoms with E-state index in [9.17, 15) is 0 Å². The number of guanidine groups is 1. The van der Waals surface area contributed by atoms with Crippen LogP contribution in [0, 0.1) is 0 Å². The molecule has 7 nitrogen and oxygen atoms in total. The largest absolute Gasteiger partial charge is 0.379 e. The summed E-state index contributed by atoms with van der Waals surface area (Å²) in [5.74, 6) is 3.29. The Labute approximate surface area is 170 Å². The number of aromatic nitrogens is 1. The van der Waals surface area contributed by atoms with E-state index in [1.807, 2.05) is 31.9 Å². The lowest BCUT2D eigenvalue weighted by molar-refractivity contribution is -0.0121. The zero-order chi connectivity index (χ0) is 16.8. The van der Waals surface area contributed by atoms with Crippen molar-refractivity contribution >= 4 is 41.7 Å². The summed E-state index contributed by atoms with van der Waals surface area (Å²) in [5.41, 5.74) is 1.11. The highest BCUT2D eigenvalue weighted by Crippen LogP contribution is 2.33. The Hall–Kier alpha value is -0.520. The van der Waals surface area contributed by atoms with Gasteiger partial charge in [0.25, 0.3) is 0 Å². The molecule has 142 valence electrons. The average Bonchev–Trinajstić information content (AvgIpc) is 3.29. The summed E-state index contributed by atoms with van der Waals surface area (Å²) in [4.78, 5) is 9.11. The molecule has 1 aromatic rings. The monoisotopic (exact) mass is 481 g/mol. The molecule has 0 bridgehead atoms. The third-order valence-electron chi connectivity index (χ3n) is 4.80. The van der Waals surface area contributed by atoms with Gasteiger partial charge in [-0.05, 0) is 12.2 Å². The maximum atomic E-state index is 5.53. The number of hydrogen-bond acceptors (Lipinski definition) is 6. The van der Waals surface area contributed by atoms with Gasteiger partial charge >= 0.3 is 0 Å². The average molecular weight is 481 g/mol. The van der Waals surface area contributed by atoms with Crippen molar-refractivity contribution in [2.75, 3.05) is 58.4 Å². The molecule has 0 spiro atoms. The van der Waals surface area contributed by atoms with Crippen LogP contribution in [0.3, 0.4) is 0 Å². The number of halogens is 1. The summed E-state index contributed by atoms with van der Waals surface area (Å²) in [7, 11) is 3.85. The van der Waals surface area contributed by atoms with Crippen LogP contribution in [0.2, 0.25) is 0 Å². The topological polar surface area (TPSA) is 66.1 Å². The van der Waals surface area contributed by atoms with E-state index >= 15 is 0 Å². The molecular formula is C16H28IN5O2S. The van der Waals surface area contributed by atoms with Crippen LogP contribution in [0.1, 0.15) is 12.1 Å². The lowest BCUT2D eigenvalue weighted by atomic mass is 9.95. The molecule has 25 heavy (non-hydrogen) atoms. The molecule has 9 heteroatoms. The van der Waals surface area contributed by atoms with Gasteiger partial charge in [-0.2, -0.15) is 11.8 Å². The Morgan fingerprint density at radius 3 is 2.88 bits per heavy atom. The first kappa shape index (κ1) is 20.8. The zero-order valence-electron chi connectivity index (χ0n) is 14.9. The molecule has 1 atom stereocenters. The maximum Gasteiger partial charge on any atom is 0.193 e. The summed E-state index contributed by atoms with van der Waals surface area (Å²) in [6.07, 6.45) is 2.82. The number of rotatable bonds is 5. The first-order chi connectivity index (χ1) is 11.7. The molecule has 2 fully saturated rings. The van der Waals surface area contributed by atoms with Crippen molar-refractivity contribution in [2.24, 2.45) is 4.99 Å². The zero-order valence-corrected chi connectivity index (χ0v) is 18.1. The number of morpholine rings is 1. The van der Waals surface area contributed by atoms with E-state index in [0.29, 0.717) is 6.54 Å². The predicted molar refractivity (Wildman–Crippen MR) is 112 cm³/mol. The number of thioether (sulfide) groups is 1. The fraction of sp³-hybridized carbons (Fsp3) is 0.750. The predicted octanol–water partition coefficient (Wildman–Crippen LogP) is 1.51. The van der Waals surface area contributed by atoms with Gasteiger partial charge in [0.05, 0.1) is 19.8 Å². The van der Waals surface area contributed by atoms with Gasteiger partial charge in [-0.3, -0.25) is 9.89 Å². The van der Waals surface area contributed by atoms with Crippen molar-refractivity contribution in [3.8, 4) is 0 Å². The van der Waals surface area contributed by atoms with E-state index in [0.717, 1.165) is 44.5 Å². The second kappa shape index (κ2) is 9.98. The van der Waals surface area contributed by atoms with Crippen molar-refractivity contribution < 1.29 is 9.26 Å². The van der Waals surface area contributed by atoms with E-state index in [4.69, 9.17) is 9.26 Å². The summed E-state index contributed by atoms with van der Waals surface area (Å²) >= 11 is 2.05. The van der Waals surface area contributed by atoms with Gasteiger partial charge in [0.15, 0.2) is 5.96 Å². The summed E-state index contributed by atoms with van der Waals surface area (Å²) in [6.45, 7) is 5.32. The standard InChI is InChI=1S/C16H27N5O2S.HI/c1-17-15(20(2)11-14-3-7-23-19-14)18-12-16(4-10-24-13-16)21-5-8-22-9-6-21;/h3,7H,4-6,8-13H2,1-2H3,(H,17,18);1H. The molecule has 0 amide bonds. The van der Waals surface area contributed by atoms with Crippen LogP contribution in [-0.4, -0.2) is 84.9 Å². The minimum atomic E-state index is 0. The minimum absolute atomic E-state index is 0. The molecule has 2 aliphatic rings. The molecule has 1 aromatic heterocycles. The highest BCUT2D eigenvalue weighted by molar-refractivity contribution is 14.0. The molecule has 1 N–H and O–H groups in total. The van der Waals surface area contributed by atoms with E-state index in [1.54, 1.807) is 6.26 Å². The second-order valence-corrected chi connectivity index (χ2v) is 7.48.